The van der Waals surface area contributed by atoms with Crippen LogP contribution in [-0.4, -0.2) is 51.8 Å². The summed E-state index contributed by atoms with van der Waals surface area (Å²) in [4.78, 5) is 17.9. The highest BCUT2D eigenvalue weighted by Gasteiger charge is 2.50. The summed E-state index contributed by atoms with van der Waals surface area (Å²) in [5.41, 5.74) is 0.301. The minimum Gasteiger partial charge on any atom is -0.378 e. The van der Waals surface area contributed by atoms with Gasteiger partial charge in [0.2, 0.25) is 5.82 Å². The number of nitrogens with zero attached hydrogens (tertiary/aromatic N) is 3. The number of nitrogens with one attached hydrogen (secondary N) is 1. The first-order chi connectivity index (χ1) is 8.72. The van der Waals surface area contributed by atoms with E-state index >= 15 is 0 Å². The van der Waals surface area contributed by atoms with E-state index in [9.17, 15) is 4.79 Å². The third kappa shape index (κ3) is 1.90. The van der Waals surface area contributed by atoms with Crippen molar-refractivity contribution in [1.29, 1.82) is 0 Å². The maximum atomic E-state index is 12.1. The molecule has 18 heavy (non-hydrogen) atoms. The Kier molecular flexibility index (Phi) is 2.81. The molecule has 2 fully saturated rings. The smallest absolute Gasteiger partial charge is 0.291 e. The van der Waals surface area contributed by atoms with Gasteiger partial charge in [-0.1, -0.05) is 0 Å². The number of H-pyrrole nitrogens is 1. The van der Waals surface area contributed by atoms with E-state index in [4.69, 9.17) is 4.74 Å². The third-order valence-electron chi connectivity index (χ3n) is 4.07. The van der Waals surface area contributed by atoms with E-state index in [1.807, 2.05) is 11.8 Å². The van der Waals surface area contributed by atoms with Crippen LogP contribution in [0.5, 0.6) is 0 Å². The summed E-state index contributed by atoms with van der Waals surface area (Å²) in [6.07, 6.45) is 5.02. The molecular formula is C12H18N4O2. The number of aromatic nitrogens is 3. The topological polar surface area (TPSA) is 71.1 Å². The normalized spacial score (nSPS) is 30.7. The fourth-order valence-electron chi connectivity index (χ4n) is 3.16. The standard InChI is InChI=1S/C12H18N4O2/c1-2-18-9-5-12(6-9)3-4-16(7-12)11(17)10-13-8-14-15-10/h8-9H,2-7H2,1H3,(H,13,14,15). The quantitative estimate of drug-likeness (QED) is 0.862. The number of amides is 1. The maximum absolute atomic E-state index is 12.1. The van der Waals surface area contributed by atoms with Gasteiger partial charge in [0.15, 0.2) is 0 Å². The molecule has 1 N–H and O–H groups in total. The summed E-state index contributed by atoms with van der Waals surface area (Å²) < 4.78 is 5.60. The Morgan fingerprint density at radius 3 is 3.17 bits per heavy atom. The lowest BCUT2D eigenvalue weighted by atomic mass is 9.66. The minimum atomic E-state index is -0.0377. The molecule has 0 bridgehead atoms. The van der Waals surface area contributed by atoms with Gasteiger partial charge < -0.3 is 9.64 Å². The maximum Gasteiger partial charge on any atom is 0.291 e. The van der Waals surface area contributed by atoms with E-state index in [-0.39, 0.29) is 5.91 Å². The van der Waals surface area contributed by atoms with Gasteiger partial charge in [-0.15, -0.1) is 0 Å². The van der Waals surface area contributed by atoms with Crippen LogP contribution in [0.2, 0.25) is 0 Å². The summed E-state index contributed by atoms with van der Waals surface area (Å²) in [6, 6.07) is 0. The molecule has 6 nitrogen and oxygen atoms in total. The molecule has 6 heteroatoms. The number of likely N-dealkylation sites (tertiary alicyclic amines) is 1. The Bertz CT molecular complexity index is 425. The number of carbonyl (C=O) groups excluding carboxylic acids is 1. The van der Waals surface area contributed by atoms with Crippen molar-refractivity contribution in [1.82, 2.24) is 20.1 Å². The van der Waals surface area contributed by atoms with Crippen LogP contribution < -0.4 is 0 Å². The highest BCUT2D eigenvalue weighted by atomic mass is 16.5. The van der Waals surface area contributed by atoms with E-state index in [1.165, 1.54) is 6.33 Å². The lowest BCUT2D eigenvalue weighted by Crippen LogP contribution is -2.45. The Morgan fingerprint density at radius 1 is 1.67 bits per heavy atom. The molecule has 0 aromatic carbocycles. The number of carbonyl (C=O) groups is 1. The van der Waals surface area contributed by atoms with Gasteiger partial charge in [-0.05, 0) is 31.6 Å². The first kappa shape index (κ1) is 11.6. The van der Waals surface area contributed by atoms with Crippen molar-refractivity contribution >= 4 is 5.91 Å². The van der Waals surface area contributed by atoms with Gasteiger partial charge in [-0.3, -0.25) is 9.89 Å². The monoisotopic (exact) mass is 250 g/mol. The van der Waals surface area contributed by atoms with Crippen molar-refractivity contribution in [2.75, 3.05) is 19.7 Å². The summed E-state index contributed by atoms with van der Waals surface area (Å²) in [5, 5.41) is 6.35. The molecule has 1 spiro atoms. The predicted octanol–water partition coefficient (Wildman–Crippen LogP) is 0.836. The van der Waals surface area contributed by atoms with E-state index in [2.05, 4.69) is 15.2 Å². The molecule has 2 heterocycles. The molecule has 0 atom stereocenters. The number of rotatable bonds is 3. The van der Waals surface area contributed by atoms with Crippen molar-refractivity contribution in [2.45, 2.75) is 32.3 Å². The van der Waals surface area contributed by atoms with Crippen LogP contribution in [0.15, 0.2) is 6.33 Å². The lowest BCUT2D eigenvalue weighted by molar-refractivity contribution is -0.0708. The predicted molar refractivity (Wildman–Crippen MR) is 64.0 cm³/mol. The zero-order chi connectivity index (χ0) is 12.6. The first-order valence-corrected chi connectivity index (χ1v) is 6.49. The molecule has 3 rings (SSSR count). The van der Waals surface area contributed by atoms with Gasteiger partial charge in [-0.25, -0.2) is 4.98 Å². The molecule has 1 saturated heterocycles. The number of aromatic amines is 1. The second-order valence-corrected chi connectivity index (χ2v) is 5.30. The SMILES string of the molecule is CCOC1CC2(CCN(C(=O)c3ncn[nH]3)C2)C1. The van der Waals surface area contributed by atoms with Crippen molar-refractivity contribution in [3.63, 3.8) is 0 Å². The molecule has 1 amide bonds. The largest absolute Gasteiger partial charge is 0.378 e. The van der Waals surface area contributed by atoms with Gasteiger partial charge in [0.1, 0.15) is 6.33 Å². The van der Waals surface area contributed by atoms with E-state index in [1.54, 1.807) is 0 Å². The summed E-state index contributed by atoms with van der Waals surface area (Å²) in [7, 11) is 0. The molecular weight excluding hydrogens is 232 g/mol. The first-order valence-electron chi connectivity index (χ1n) is 6.49. The summed E-state index contributed by atoms with van der Waals surface area (Å²) in [6.45, 7) is 4.45. The van der Waals surface area contributed by atoms with Crippen molar-refractivity contribution in [3.8, 4) is 0 Å². The van der Waals surface area contributed by atoms with Crippen LogP contribution in [0, 0.1) is 5.41 Å². The molecule has 2 aliphatic rings. The van der Waals surface area contributed by atoms with Gasteiger partial charge >= 0.3 is 0 Å². The number of ether oxygens (including phenoxy) is 1. The second-order valence-electron chi connectivity index (χ2n) is 5.30. The van der Waals surface area contributed by atoms with Crippen LogP contribution in [0.25, 0.3) is 0 Å². The minimum absolute atomic E-state index is 0.0377. The zero-order valence-corrected chi connectivity index (χ0v) is 10.6. The molecule has 1 aromatic rings. The van der Waals surface area contributed by atoms with Gasteiger partial charge in [-0.2, -0.15) is 5.10 Å². The molecule has 1 aliphatic carbocycles. The summed E-state index contributed by atoms with van der Waals surface area (Å²) in [5.74, 6) is 0.303. The fraction of sp³-hybridized carbons (Fsp3) is 0.750. The third-order valence-corrected chi connectivity index (χ3v) is 4.07. The molecule has 1 aromatic heterocycles. The Morgan fingerprint density at radius 2 is 2.50 bits per heavy atom. The Labute approximate surface area is 106 Å². The molecule has 1 saturated carbocycles. The number of hydrogen-bond donors (Lipinski definition) is 1. The van der Waals surface area contributed by atoms with E-state index in [0.717, 1.165) is 39.0 Å². The Balaban J connectivity index is 1.58. The highest BCUT2D eigenvalue weighted by Crippen LogP contribution is 2.49. The van der Waals surface area contributed by atoms with Crippen LogP contribution in [0.3, 0.4) is 0 Å². The van der Waals surface area contributed by atoms with Gasteiger partial charge in [0, 0.05) is 19.7 Å². The van der Waals surface area contributed by atoms with Crippen LogP contribution in [0.1, 0.15) is 36.8 Å². The lowest BCUT2D eigenvalue weighted by Gasteiger charge is -2.44. The second kappa shape index (κ2) is 4.35. The van der Waals surface area contributed by atoms with Crippen LogP contribution in [0.4, 0.5) is 0 Å². The zero-order valence-electron chi connectivity index (χ0n) is 10.6. The average Bonchev–Trinajstić information content (AvgIpc) is 2.97. The van der Waals surface area contributed by atoms with E-state index in [0.29, 0.717) is 17.3 Å². The van der Waals surface area contributed by atoms with Crippen molar-refractivity contribution < 1.29 is 9.53 Å². The highest BCUT2D eigenvalue weighted by molar-refractivity contribution is 5.90. The summed E-state index contributed by atoms with van der Waals surface area (Å²) >= 11 is 0. The Hall–Kier alpha value is -1.43. The molecule has 98 valence electrons. The molecule has 0 unspecified atom stereocenters. The molecule has 1 aliphatic heterocycles. The van der Waals surface area contributed by atoms with Crippen molar-refractivity contribution in [2.24, 2.45) is 5.41 Å². The van der Waals surface area contributed by atoms with Crippen LogP contribution >= 0.6 is 0 Å². The molecule has 0 radical (unpaired) electrons. The fourth-order valence-corrected chi connectivity index (χ4v) is 3.16. The van der Waals surface area contributed by atoms with Crippen LogP contribution in [-0.2, 0) is 4.74 Å². The number of hydrogen-bond acceptors (Lipinski definition) is 4. The van der Waals surface area contributed by atoms with E-state index < -0.39 is 0 Å². The van der Waals surface area contributed by atoms with Gasteiger partial charge in [0.05, 0.1) is 6.10 Å². The average molecular weight is 250 g/mol. The van der Waals surface area contributed by atoms with Crippen molar-refractivity contribution in [3.05, 3.63) is 12.2 Å². The van der Waals surface area contributed by atoms with Gasteiger partial charge in [0.25, 0.3) is 5.91 Å².